The van der Waals surface area contributed by atoms with Gasteiger partial charge in [-0.15, -0.1) is 0 Å². The minimum atomic E-state index is -0.365. The van der Waals surface area contributed by atoms with Gasteiger partial charge in [0.05, 0.1) is 11.6 Å². The van der Waals surface area contributed by atoms with E-state index in [-0.39, 0.29) is 22.5 Å². The number of ether oxygens (including phenoxy) is 1. The Morgan fingerprint density at radius 1 is 1.09 bits per heavy atom. The van der Waals surface area contributed by atoms with E-state index in [2.05, 4.69) is 15.2 Å². The summed E-state index contributed by atoms with van der Waals surface area (Å²) in [7, 11) is 0. The molecule has 2 fully saturated rings. The summed E-state index contributed by atoms with van der Waals surface area (Å²) in [6, 6.07) is 8.81. The number of likely N-dealkylation sites (tertiary alicyclic amines) is 1. The lowest BCUT2D eigenvalue weighted by Gasteiger charge is -2.15. The molecule has 0 saturated carbocycles. The normalized spacial score (nSPS) is 19.2. The summed E-state index contributed by atoms with van der Waals surface area (Å²) in [6.45, 7) is 4.18. The maximum atomic E-state index is 12.1. The van der Waals surface area contributed by atoms with Gasteiger partial charge in [-0.05, 0) is 81.6 Å². The number of pyridine rings is 1. The molecule has 1 aromatic heterocycles. The molecule has 0 bridgehead atoms. The molecule has 2 aromatic rings. The zero-order chi connectivity index (χ0) is 23.2. The molecule has 4 rings (SSSR count). The standard InChI is InChI=1S/C25H29Cl2N3O3/c26-20-7-8-22(29-25(20)32)19(16-18-6-10-24(31)28-18)17-5-9-23(21(27)15-17)33-14-4-3-13-30-11-1-2-12-30/h5,7-9,15-16,18H,1-4,6,10-14H2,(H,28,31)(H,29,32)/t18-/m1/s1. The van der Waals surface area contributed by atoms with Crippen molar-refractivity contribution < 1.29 is 9.53 Å². The second kappa shape index (κ2) is 11.2. The lowest BCUT2D eigenvalue weighted by Crippen LogP contribution is -2.23. The van der Waals surface area contributed by atoms with Crippen LogP contribution in [-0.2, 0) is 4.79 Å². The van der Waals surface area contributed by atoms with Crippen molar-refractivity contribution in [2.24, 2.45) is 0 Å². The van der Waals surface area contributed by atoms with E-state index >= 15 is 0 Å². The Bertz CT molecular complexity index is 1080. The Labute approximate surface area is 203 Å². The molecule has 2 aliphatic heterocycles. The molecular weight excluding hydrogens is 461 g/mol. The van der Waals surface area contributed by atoms with Crippen molar-refractivity contribution in [3.63, 3.8) is 0 Å². The lowest BCUT2D eigenvalue weighted by molar-refractivity contribution is -0.119. The predicted molar refractivity (Wildman–Crippen MR) is 132 cm³/mol. The highest BCUT2D eigenvalue weighted by atomic mass is 35.5. The van der Waals surface area contributed by atoms with Crippen LogP contribution in [0.15, 0.2) is 41.2 Å². The maximum absolute atomic E-state index is 12.1. The van der Waals surface area contributed by atoms with Gasteiger partial charge in [-0.25, -0.2) is 0 Å². The summed E-state index contributed by atoms with van der Waals surface area (Å²) in [5, 5.41) is 3.57. The fourth-order valence-electron chi connectivity index (χ4n) is 4.33. The summed E-state index contributed by atoms with van der Waals surface area (Å²) in [5.41, 5.74) is 1.84. The zero-order valence-corrected chi connectivity index (χ0v) is 20.1. The SMILES string of the molecule is O=C1CC[C@H](C=C(c2ccc(OCCCCN3CCCC3)c(Cl)c2)c2ccc(Cl)c(=O)[nH]2)N1. The molecule has 33 heavy (non-hydrogen) atoms. The van der Waals surface area contributed by atoms with Crippen molar-refractivity contribution in [2.45, 2.75) is 44.6 Å². The second-order valence-corrected chi connectivity index (χ2v) is 9.41. The van der Waals surface area contributed by atoms with Crippen LogP contribution in [0.3, 0.4) is 0 Å². The Hall–Kier alpha value is -2.28. The molecule has 176 valence electrons. The zero-order valence-electron chi connectivity index (χ0n) is 18.5. The van der Waals surface area contributed by atoms with Crippen LogP contribution in [0.5, 0.6) is 5.75 Å². The van der Waals surface area contributed by atoms with Gasteiger partial charge in [0.25, 0.3) is 5.56 Å². The van der Waals surface area contributed by atoms with Gasteiger partial charge in [-0.1, -0.05) is 35.3 Å². The van der Waals surface area contributed by atoms with Crippen LogP contribution in [-0.4, -0.2) is 48.1 Å². The lowest BCUT2D eigenvalue weighted by atomic mass is 9.99. The van der Waals surface area contributed by atoms with E-state index in [1.54, 1.807) is 12.1 Å². The monoisotopic (exact) mass is 489 g/mol. The third-order valence-electron chi connectivity index (χ3n) is 6.12. The number of rotatable bonds is 9. The van der Waals surface area contributed by atoms with Crippen molar-refractivity contribution in [1.29, 1.82) is 0 Å². The first-order valence-corrected chi connectivity index (χ1v) is 12.3. The quantitative estimate of drug-likeness (QED) is 0.502. The molecule has 8 heteroatoms. The number of carbonyl (C=O) groups excluding carboxylic acids is 1. The molecule has 1 amide bonds. The molecule has 0 aliphatic carbocycles. The third-order valence-corrected chi connectivity index (χ3v) is 6.71. The van der Waals surface area contributed by atoms with Crippen LogP contribution in [0.1, 0.15) is 49.8 Å². The topological polar surface area (TPSA) is 74.4 Å². The Balaban J connectivity index is 1.46. The van der Waals surface area contributed by atoms with Crippen LogP contribution in [0, 0.1) is 0 Å². The molecule has 3 heterocycles. The van der Waals surface area contributed by atoms with Crippen molar-refractivity contribution in [2.75, 3.05) is 26.2 Å². The number of aromatic nitrogens is 1. The van der Waals surface area contributed by atoms with E-state index in [0.717, 1.165) is 30.5 Å². The Kier molecular flexibility index (Phi) is 8.12. The number of H-pyrrole nitrogens is 1. The number of carbonyl (C=O) groups is 1. The number of hydrogen-bond donors (Lipinski definition) is 2. The third kappa shape index (κ3) is 6.40. The number of amides is 1. The fraction of sp³-hybridized carbons (Fsp3) is 0.440. The number of nitrogens with zero attached hydrogens (tertiary/aromatic N) is 1. The second-order valence-electron chi connectivity index (χ2n) is 8.59. The van der Waals surface area contributed by atoms with Crippen LogP contribution in [0.25, 0.3) is 5.57 Å². The molecule has 1 aromatic carbocycles. The molecule has 2 N–H and O–H groups in total. The van der Waals surface area contributed by atoms with Crippen molar-refractivity contribution in [3.8, 4) is 5.75 Å². The Morgan fingerprint density at radius 3 is 2.61 bits per heavy atom. The van der Waals surface area contributed by atoms with Crippen LogP contribution in [0.2, 0.25) is 10.0 Å². The molecule has 2 saturated heterocycles. The molecule has 6 nitrogen and oxygen atoms in total. The molecule has 2 aliphatic rings. The number of nitrogens with one attached hydrogen (secondary N) is 2. The highest BCUT2D eigenvalue weighted by Gasteiger charge is 2.21. The van der Waals surface area contributed by atoms with E-state index < -0.39 is 0 Å². The summed E-state index contributed by atoms with van der Waals surface area (Å²) in [5.74, 6) is 0.659. The first-order chi connectivity index (χ1) is 16.0. The molecule has 0 radical (unpaired) electrons. The summed E-state index contributed by atoms with van der Waals surface area (Å²) < 4.78 is 5.92. The van der Waals surface area contributed by atoms with Gasteiger partial charge in [0.1, 0.15) is 10.8 Å². The van der Waals surface area contributed by atoms with E-state index in [9.17, 15) is 9.59 Å². The number of hydrogen-bond acceptors (Lipinski definition) is 4. The number of aromatic amines is 1. The summed E-state index contributed by atoms with van der Waals surface area (Å²) in [4.78, 5) is 29.1. The van der Waals surface area contributed by atoms with Gasteiger partial charge in [0.2, 0.25) is 5.91 Å². The van der Waals surface area contributed by atoms with Gasteiger partial charge in [0, 0.05) is 23.7 Å². The van der Waals surface area contributed by atoms with Gasteiger partial charge >= 0.3 is 0 Å². The van der Waals surface area contributed by atoms with E-state index in [4.69, 9.17) is 27.9 Å². The van der Waals surface area contributed by atoms with Gasteiger partial charge < -0.3 is 19.9 Å². The van der Waals surface area contributed by atoms with Crippen LogP contribution >= 0.6 is 23.2 Å². The number of unbranched alkanes of at least 4 members (excludes halogenated alkanes) is 1. The molecule has 0 unspecified atom stereocenters. The van der Waals surface area contributed by atoms with Crippen molar-refractivity contribution >= 4 is 34.7 Å². The van der Waals surface area contributed by atoms with Gasteiger partial charge in [-0.2, -0.15) is 0 Å². The van der Waals surface area contributed by atoms with Crippen LogP contribution < -0.4 is 15.6 Å². The van der Waals surface area contributed by atoms with Crippen molar-refractivity contribution in [3.05, 3.63) is 68.1 Å². The highest BCUT2D eigenvalue weighted by Crippen LogP contribution is 2.31. The highest BCUT2D eigenvalue weighted by molar-refractivity contribution is 6.32. The van der Waals surface area contributed by atoms with Crippen molar-refractivity contribution in [1.82, 2.24) is 15.2 Å². The van der Waals surface area contributed by atoms with E-state index in [1.807, 2.05) is 24.3 Å². The number of halogens is 2. The average molecular weight is 490 g/mol. The molecule has 0 spiro atoms. The smallest absolute Gasteiger partial charge is 0.267 e. The predicted octanol–water partition coefficient (Wildman–Crippen LogP) is 4.65. The van der Waals surface area contributed by atoms with Gasteiger partial charge in [0.15, 0.2) is 0 Å². The first-order valence-electron chi connectivity index (χ1n) is 11.5. The van der Waals surface area contributed by atoms with Gasteiger partial charge in [-0.3, -0.25) is 9.59 Å². The minimum Gasteiger partial charge on any atom is -0.492 e. The fourth-order valence-corrected chi connectivity index (χ4v) is 4.67. The molecule has 1 atom stereocenters. The Morgan fingerprint density at radius 2 is 1.91 bits per heavy atom. The maximum Gasteiger partial charge on any atom is 0.267 e. The minimum absolute atomic E-state index is 0.0201. The number of benzene rings is 1. The van der Waals surface area contributed by atoms with E-state index in [1.165, 1.54) is 25.9 Å². The first kappa shape index (κ1) is 23.9. The molecular formula is C25H29Cl2N3O3. The van der Waals surface area contributed by atoms with E-state index in [0.29, 0.717) is 35.9 Å². The average Bonchev–Trinajstić information content (AvgIpc) is 3.46. The summed E-state index contributed by atoms with van der Waals surface area (Å²) >= 11 is 12.5. The van der Waals surface area contributed by atoms with Crippen LogP contribution in [0.4, 0.5) is 0 Å². The largest absolute Gasteiger partial charge is 0.492 e. The summed E-state index contributed by atoms with van der Waals surface area (Å²) in [6.07, 6.45) is 7.85.